The van der Waals surface area contributed by atoms with Crippen molar-refractivity contribution in [3.05, 3.63) is 64.7 Å². The Kier molecular flexibility index (Phi) is 6.01. The third-order valence-electron chi connectivity index (χ3n) is 6.23. The van der Waals surface area contributed by atoms with Crippen molar-refractivity contribution in [1.82, 2.24) is 15.1 Å². The van der Waals surface area contributed by atoms with Crippen molar-refractivity contribution in [2.24, 2.45) is 0 Å². The molecule has 1 amide bonds. The van der Waals surface area contributed by atoms with Crippen LogP contribution in [0.25, 0.3) is 0 Å². The summed E-state index contributed by atoms with van der Waals surface area (Å²) >= 11 is 0. The average molecular weight is 415 g/mol. The molecule has 0 radical (unpaired) electrons. The molecule has 0 saturated carbocycles. The molecule has 0 aliphatic carbocycles. The van der Waals surface area contributed by atoms with Crippen molar-refractivity contribution < 1.29 is 13.6 Å². The van der Waals surface area contributed by atoms with Gasteiger partial charge in [0.25, 0.3) is 5.91 Å². The average Bonchev–Trinajstić information content (AvgIpc) is 3.11. The zero-order valence-electron chi connectivity index (χ0n) is 17.5. The molecule has 4 rings (SSSR count). The predicted octanol–water partition coefficient (Wildman–Crippen LogP) is 2.68. The molecule has 2 aliphatic heterocycles. The fourth-order valence-electron chi connectivity index (χ4n) is 4.31. The number of hydrogen-bond acceptors (Lipinski definition) is 4. The van der Waals surface area contributed by atoms with Gasteiger partial charge in [-0.05, 0) is 48.9 Å². The second kappa shape index (κ2) is 8.70. The first-order valence-corrected chi connectivity index (χ1v) is 10.4. The number of anilines is 1. The molecule has 0 bridgehead atoms. The van der Waals surface area contributed by atoms with E-state index < -0.39 is 17.5 Å². The van der Waals surface area contributed by atoms with Gasteiger partial charge in [-0.2, -0.15) is 0 Å². The second-order valence-electron chi connectivity index (χ2n) is 8.25. The van der Waals surface area contributed by atoms with E-state index in [0.717, 1.165) is 51.3 Å². The summed E-state index contributed by atoms with van der Waals surface area (Å²) < 4.78 is 26.7. The van der Waals surface area contributed by atoms with E-state index in [1.165, 1.54) is 22.9 Å². The van der Waals surface area contributed by atoms with Crippen LogP contribution < -0.4 is 10.2 Å². The summed E-state index contributed by atoms with van der Waals surface area (Å²) in [6, 6.07) is 9.84. The van der Waals surface area contributed by atoms with Crippen LogP contribution in [0.3, 0.4) is 0 Å². The molecule has 0 aromatic heterocycles. The van der Waals surface area contributed by atoms with Crippen LogP contribution in [0.2, 0.25) is 0 Å². The van der Waals surface area contributed by atoms with Crippen LogP contribution in [-0.4, -0.2) is 69.1 Å². The maximum Gasteiger partial charge on any atom is 0.251 e. The number of likely N-dealkylation sites (N-methyl/N-ethyl adjacent to an activating group) is 2. The van der Waals surface area contributed by atoms with Crippen LogP contribution in [0.4, 0.5) is 14.5 Å². The molecular weight excluding hydrogens is 386 g/mol. The van der Waals surface area contributed by atoms with E-state index in [0.29, 0.717) is 6.54 Å². The Balaban J connectivity index is 1.53. The largest absolute Gasteiger partial charge is 0.374 e. The molecule has 2 aromatic rings. The molecule has 1 fully saturated rings. The van der Waals surface area contributed by atoms with Crippen LogP contribution in [0.15, 0.2) is 36.4 Å². The fourth-order valence-corrected chi connectivity index (χ4v) is 4.31. The second-order valence-corrected chi connectivity index (χ2v) is 8.25. The maximum absolute atomic E-state index is 13.5. The van der Waals surface area contributed by atoms with E-state index in [2.05, 4.69) is 52.3 Å². The molecule has 7 heteroatoms. The zero-order valence-corrected chi connectivity index (χ0v) is 17.5. The van der Waals surface area contributed by atoms with Gasteiger partial charge in [-0.1, -0.05) is 12.1 Å². The van der Waals surface area contributed by atoms with Gasteiger partial charge in [0.1, 0.15) is 0 Å². The number of piperazine rings is 1. The Morgan fingerprint density at radius 2 is 1.77 bits per heavy atom. The van der Waals surface area contributed by atoms with Crippen molar-refractivity contribution in [2.75, 3.05) is 58.3 Å². The van der Waals surface area contributed by atoms with Crippen LogP contribution in [0.1, 0.15) is 27.5 Å². The number of rotatable bonds is 5. The lowest BCUT2D eigenvalue weighted by Gasteiger charge is -2.38. The normalized spacial score (nSPS) is 18.3. The number of hydrogen-bond donors (Lipinski definition) is 1. The molecule has 2 aliphatic rings. The summed E-state index contributed by atoms with van der Waals surface area (Å²) in [4.78, 5) is 19.5. The van der Waals surface area contributed by atoms with Gasteiger partial charge in [-0.3, -0.25) is 9.69 Å². The van der Waals surface area contributed by atoms with E-state index in [4.69, 9.17) is 0 Å². The van der Waals surface area contributed by atoms with Crippen molar-refractivity contribution in [2.45, 2.75) is 12.5 Å². The van der Waals surface area contributed by atoms with E-state index >= 15 is 0 Å². The van der Waals surface area contributed by atoms with E-state index in [1.807, 2.05) is 0 Å². The number of nitrogens with one attached hydrogen (secondary N) is 1. The number of carbonyl (C=O) groups excluding carboxylic acids is 1. The number of halogens is 2. The zero-order chi connectivity index (χ0) is 21.3. The molecule has 1 atom stereocenters. The number of fused-ring (bicyclic) bond motifs is 1. The number of amides is 1. The minimum Gasteiger partial charge on any atom is -0.374 e. The van der Waals surface area contributed by atoms with Gasteiger partial charge in [-0.25, -0.2) is 8.78 Å². The summed E-state index contributed by atoms with van der Waals surface area (Å²) in [5.74, 6) is -2.36. The Labute approximate surface area is 176 Å². The molecule has 1 saturated heterocycles. The molecular formula is C23H28F2N4O. The summed E-state index contributed by atoms with van der Waals surface area (Å²) in [7, 11) is 4.22. The van der Waals surface area contributed by atoms with E-state index in [1.54, 1.807) is 0 Å². The van der Waals surface area contributed by atoms with Gasteiger partial charge >= 0.3 is 0 Å². The van der Waals surface area contributed by atoms with Crippen molar-refractivity contribution in [3.8, 4) is 0 Å². The molecule has 30 heavy (non-hydrogen) atoms. The molecule has 0 unspecified atom stereocenters. The van der Waals surface area contributed by atoms with Gasteiger partial charge < -0.3 is 15.1 Å². The van der Waals surface area contributed by atoms with Crippen LogP contribution in [0.5, 0.6) is 0 Å². The van der Waals surface area contributed by atoms with Gasteiger partial charge in [0.05, 0.1) is 6.04 Å². The van der Waals surface area contributed by atoms with Gasteiger partial charge in [0, 0.05) is 57.6 Å². The van der Waals surface area contributed by atoms with Gasteiger partial charge in [0.2, 0.25) is 0 Å². The highest BCUT2D eigenvalue weighted by Gasteiger charge is 2.26. The van der Waals surface area contributed by atoms with Crippen molar-refractivity contribution in [1.29, 1.82) is 0 Å². The van der Waals surface area contributed by atoms with E-state index in [-0.39, 0.29) is 11.6 Å². The SMILES string of the molecule is CN1CCN([C@@H](CNC(=O)c2ccc(F)c(F)c2)c2ccc3c(c2)CCN3C)CC1. The smallest absolute Gasteiger partial charge is 0.251 e. The third-order valence-corrected chi connectivity index (χ3v) is 6.23. The number of carbonyl (C=O) groups is 1. The summed E-state index contributed by atoms with van der Waals surface area (Å²) in [5.41, 5.74) is 3.91. The monoisotopic (exact) mass is 414 g/mol. The minimum absolute atomic E-state index is 0.0316. The standard InChI is InChI=1S/C23H28F2N4O/c1-27-9-11-29(12-10-27)22(16-4-6-21-17(13-16)7-8-28(21)2)15-26-23(30)18-3-5-19(24)20(25)14-18/h3-6,13-14,22H,7-12,15H2,1-2H3,(H,26,30)/t22-/m0/s1. The molecule has 2 heterocycles. The van der Waals surface area contributed by atoms with Crippen LogP contribution in [0, 0.1) is 11.6 Å². The molecule has 1 N–H and O–H groups in total. The lowest BCUT2D eigenvalue weighted by Crippen LogP contribution is -2.48. The van der Waals surface area contributed by atoms with Crippen molar-refractivity contribution in [3.63, 3.8) is 0 Å². The Morgan fingerprint density at radius 3 is 2.50 bits per heavy atom. The van der Waals surface area contributed by atoms with Gasteiger partial charge in [-0.15, -0.1) is 0 Å². The first kappa shape index (κ1) is 20.8. The first-order chi connectivity index (χ1) is 14.4. The summed E-state index contributed by atoms with van der Waals surface area (Å²) in [6.07, 6.45) is 1.02. The van der Waals surface area contributed by atoms with Crippen LogP contribution >= 0.6 is 0 Å². The summed E-state index contributed by atoms with van der Waals surface area (Å²) in [5, 5.41) is 2.94. The van der Waals surface area contributed by atoms with E-state index in [9.17, 15) is 13.6 Å². The quantitative estimate of drug-likeness (QED) is 0.817. The number of nitrogens with zero attached hydrogens (tertiary/aromatic N) is 3. The highest BCUT2D eigenvalue weighted by molar-refractivity contribution is 5.94. The molecule has 2 aromatic carbocycles. The predicted molar refractivity (Wildman–Crippen MR) is 114 cm³/mol. The maximum atomic E-state index is 13.5. The molecule has 0 spiro atoms. The number of benzene rings is 2. The Hall–Kier alpha value is -2.51. The molecule has 5 nitrogen and oxygen atoms in total. The lowest BCUT2D eigenvalue weighted by atomic mass is 10.00. The fraction of sp³-hybridized carbons (Fsp3) is 0.435. The lowest BCUT2D eigenvalue weighted by molar-refractivity contribution is 0.0885. The topological polar surface area (TPSA) is 38.8 Å². The Bertz CT molecular complexity index is 927. The summed E-state index contributed by atoms with van der Waals surface area (Å²) in [6.45, 7) is 5.21. The minimum atomic E-state index is -1.01. The Morgan fingerprint density at radius 1 is 1.00 bits per heavy atom. The van der Waals surface area contributed by atoms with Crippen molar-refractivity contribution >= 4 is 11.6 Å². The highest BCUT2D eigenvalue weighted by atomic mass is 19.2. The molecule has 160 valence electrons. The van der Waals surface area contributed by atoms with Gasteiger partial charge in [0.15, 0.2) is 11.6 Å². The first-order valence-electron chi connectivity index (χ1n) is 10.4. The van der Waals surface area contributed by atoms with Crippen LogP contribution in [-0.2, 0) is 6.42 Å². The highest BCUT2D eigenvalue weighted by Crippen LogP contribution is 2.31. The third kappa shape index (κ3) is 4.32.